The van der Waals surface area contributed by atoms with Crippen molar-refractivity contribution in [2.45, 2.75) is 0 Å². The van der Waals surface area contributed by atoms with Crippen LogP contribution in [0.2, 0.25) is 0 Å². The normalized spacial score (nSPS) is 9.79. The zero-order chi connectivity index (χ0) is 13.7. The summed E-state index contributed by atoms with van der Waals surface area (Å²) in [5.74, 6) is 0.865. The van der Waals surface area contributed by atoms with Crippen molar-refractivity contribution in [3.8, 4) is 5.75 Å². The molecule has 0 unspecified atom stereocenters. The molecular formula is C13H14N4O2. The monoisotopic (exact) mass is 258 g/mol. The van der Waals surface area contributed by atoms with Gasteiger partial charge >= 0.3 is 0 Å². The van der Waals surface area contributed by atoms with Gasteiger partial charge in [-0.3, -0.25) is 4.79 Å². The highest BCUT2D eigenvalue weighted by atomic mass is 16.5. The molecule has 6 heteroatoms. The molecule has 1 aromatic heterocycles. The van der Waals surface area contributed by atoms with Crippen LogP contribution in [0, 0.1) is 0 Å². The second-order valence-electron chi connectivity index (χ2n) is 3.69. The average Bonchev–Trinajstić information content (AvgIpc) is 2.48. The first kappa shape index (κ1) is 12.8. The third kappa shape index (κ3) is 2.98. The second kappa shape index (κ2) is 5.81. The minimum atomic E-state index is -0.334. The van der Waals surface area contributed by atoms with Crippen LogP contribution in [0.25, 0.3) is 0 Å². The minimum Gasteiger partial charge on any atom is -0.495 e. The van der Waals surface area contributed by atoms with Crippen molar-refractivity contribution in [2.75, 3.05) is 24.8 Å². The molecule has 2 rings (SSSR count). The summed E-state index contributed by atoms with van der Waals surface area (Å²) in [5, 5.41) is 5.56. The molecule has 0 aliphatic rings. The standard InChI is InChI=1S/C13H14N4O2/c1-14-12-8-15-10(7-16-12)13(18)17-9-5-3-4-6-11(9)19-2/h3-8H,1-2H3,(H,14,16)(H,17,18). The van der Waals surface area contributed by atoms with Crippen molar-refractivity contribution in [1.82, 2.24) is 9.97 Å². The minimum absolute atomic E-state index is 0.241. The first-order chi connectivity index (χ1) is 9.24. The highest BCUT2D eigenvalue weighted by molar-refractivity contribution is 6.03. The van der Waals surface area contributed by atoms with Crippen LogP contribution in [-0.4, -0.2) is 30.0 Å². The molecule has 2 aromatic rings. The van der Waals surface area contributed by atoms with Crippen LogP contribution >= 0.6 is 0 Å². The molecule has 0 saturated carbocycles. The van der Waals surface area contributed by atoms with Gasteiger partial charge in [-0.2, -0.15) is 0 Å². The molecular weight excluding hydrogens is 244 g/mol. The number of nitrogens with one attached hydrogen (secondary N) is 2. The Balaban J connectivity index is 2.16. The quantitative estimate of drug-likeness (QED) is 0.874. The van der Waals surface area contributed by atoms with Gasteiger partial charge in [-0.25, -0.2) is 9.97 Å². The van der Waals surface area contributed by atoms with Gasteiger partial charge in [0.2, 0.25) is 0 Å². The average molecular weight is 258 g/mol. The number of rotatable bonds is 4. The van der Waals surface area contributed by atoms with Crippen molar-refractivity contribution in [3.63, 3.8) is 0 Å². The number of carbonyl (C=O) groups is 1. The molecule has 0 aliphatic heterocycles. The van der Waals surface area contributed by atoms with E-state index in [0.29, 0.717) is 17.3 Å². The topological polar surface area (TPSA) is 76.1 Å². The van der Waals surface area contributed by atoms with Gasteiger partial charge in [0.25, 0.3) is 5.91 Å². The molecule has 0 saturated heterocycles. The number of anilines is 2. The molecule has 0 aliphatic carbocycles. The molecule has 1 heterocycles. The van der Waals surface area contributed by atoms with Crippen LogP contribution in [0.15, 0.2) is 36.7 Å². The van der Waals surface area contributed by atoms with Crippen molar-refractivity contribution in [1.29, 1.82) is 0 Å². The van der Waals surface area contributed by atoms with E-state index in [9.17, 15) is 4.79 Å². The van der Waals surface area contributed by atoms with Crippen LogP contribution in [0.3, 0.4) is 0 Å². The summed E-state index contributed by atoms with van der Waals surface area (Å²) < 4.78 is 5.16. The summed E-state index contributed by atoms with van der Waals surface area (Å²) >= 11 is 0. The third-order valence-electron chi connectivity index (χ3n) is 2.50. The zero-order valence-corrected chi connectivity index (χ0v) is 10.7. The van der Waals surface area contributed by atoms with E-state index in [1.807, 2.05) is 12.1 Å². The molecule has 0 fully saturated rings. The van der Waals surface area contributed by atoms with Gasteiger partial charge in [-0.1, -0.05) is 12.1 Å². The van der Waals surface area contributed by atoms with Crippen LogP contribution in [0.5, 0.6) is 5.75 Å². The Hall–Kier alpha value is -2.63. The number of amides is 1. The highest BCUT2D eigenvalue weighted by Gasteiger charge is 2.10. The smallest absolute Gasteiger partial charge is 0.275 e. The summed E-state index contributed by atoms with van der Waals surface area (Å²) in [6.45, 7) is 0. The Morgan fingerprint density at radius 3 is 2.63 bits per heavy atom. The van der Waals surface area contributed by atoms with Crippen molar-refractivity contribution in [2.24, 2.45) is 0 Å². The van der Waals surface area contributed by atoms with Gasteiger partial charge in [0.15, 0.2) is 0 Å². The van der Waals surface area contributed by atoms with Gasteiger partial charge in [0.05, 0.1) is 25.2 Å². The summed E-state index contributed by atoms with van der Waals surface area (Å²) in [4.78, 5) is 20.1. The molecule has 0 atom stereocenters. The van der Waals surface area contributed by atoms with Crippen molar-refractivity contribution >= 4 is 17.4 Å². The van der Waals surface area contributed by atoms with Crippen LogP contribution in [-0.2, 0) is 0 Å². The molecule has 0 spiro atoms. The number of ether oxygens (including phenoxy) is 1. The van der Waals surface area contributed by atoms with E-state index in [4.69, 9.17) is 4.74 Å². The van der Waals surface area contributed by atoms with E-state index in [1.165, 1.54) is 12.4 Å². The van der Waals surface area contributed by atoms with Gasteiger partial charge in [-0.05, 0) is 12.1 Å². The Bertz CT molecular complexity index is 569. The number of hydrogen-bond donors (Lipinski definition) is 2. The number of para-hydroxylation sites is 2. The predicted octanol–water partition coefficient (Wildman–Crippen LogP) is 1.78. The highest BCUT2D eigenvalue weighted by Crippen LogP contribution is 2.23. The molecule has 0 radical (unpaired) electrons. The van der Waals surface area contributed by atoms with Gasteiger partial charge in [0, 0.05) is 7.05 Å². The largest absolute Gasteiger partial charge is 0.495 e. The molecule has 0 bridgehead atoms. The lowest BCUT2D eigenvalue weighted by Crippen LogP contribution is -2.14. The summed E-state index contributed by atoms with van der Waals surface area (Å²) in [6.07, 6.45) is 2.91. The molecule has 19 heavy (non-hydrogen) atoms. The first-order valence-corrected chi connectivity index (χ1v) is 5.68. The number of benzene rings is 1. The van der Waals surface area contributed by atoms with E-state index in [1.54, 1.807) is 26.3 Å². The number of aromatic nitrogens is 2. The van der Waals surface area contributed by atoms with E-state index in [2.05, 4.69) is 20.6 Å². The van der Waals surface area contributed by atoms with Crippen molar-refractivity contribution in [3.05, 3.63) is 42.4 Å². The molecule has 98 valence electrons. The lowest BCUT2D eigenvalue weighted by Gasteiger charge is -2.09. The van der Waals surface area contributed by atoms with Crippen LogP contribution < -0.4 is 15.4 Å². The fourth-order valence-electron chi connectivity index (χ4n) is 1.51. The number of hydrogen-bond acceptors (Lipinski definition) is 5. The lowest BCUT2D eigenvalue weighted by molar-refractivity contribution is 0.102. The lowest BCUT2D eigenvalue weighted by atomic mass is 10.3. The summed E-state index contributed by atoms with van der Waals surface area (Å²) in [7, 11) is 3.28. The van der Waals surface area contributed by atoms with Crippen LogP contribution in [0.4, 0.5) is 11.5 Å². The Morgan fingerprint density at radius 1 is 1.21 bits per heavy atom. The Kier molecular flexibility index (Phi) is 3.92. The zero-order valence-electron chi connectivity index (χ0n) is 10.7. The Morgan fingerprint density at radius 2 is 2.00 bits per heavy atom. The number of nitrogens with zero attached hydrogens (tertiary/aromatic N) is 2. The Labute approximate surface area is 110 Å². The van der Waals surface area contributed by atoms with E-state index < -0.39 is 0 Å². The fourth-order valence-corrected chi connectivity index (χ4v) is 1.51. The maximum absolute atomic E-state index is 12.0. The van der Waals surface area contributed by atoms with E-state index in [-0.39, 0.29) is 11.6 Å². The van der Waals surface area contributed by atoms with E-state index in [0.717, 1.165) is 0 Å². The predicted molar refractivity (Wildman–Crippen MR) is 72.5 cm³/mol. The van der Waals surface area contributed by atoms with Crippen LogP contribution in [0.1, 0.15) is 10.5 Å². The fraction of sp³-hybridized carbons (Fsp3) is 0.154. The third-order valence-corrected chi connectivity index (χ3v) is 2.50. The summed E-state index contributed by atoms with van der Waals surface area (Å²) in [6, 6.07) is 7.17. The summed E-state index contributed by atoms with van der Waals surface area (Å²) in [5.41, 5.74) is 0.833. The molecule has 6 nitrogen and oxygen atoms in total. The number of methoxy groups -OCH3 is 1. The van der Waals surface area contributed by atoms with Gasteiger partial charge in [-0.15, -0.1) is 0 Å². The van der Waals surface area contributed by atoms with E-state index >= 15 is 0 Å². The van der Waals surface area contributed by atoms with Gasteiger partial charge in [0.1, 0.15) is 17.3 Å². The maximum atomic E-state index is 12.0. The molecule has 1 aromatic carbocycles. The second-order valence-corrected chi connectivity index (χ2v) is 3.69. The maximum Gasteiger partial charge on any atom is 0.275 e. The molecule has 2 N–H and O–H groups in total. The number of carbonyl (C=O) groups excluding carboxylic acids is 1. The SMILES string of the molecule is CNc1cnc(C(=O)Nc2ccccc2OC)cn1. The van der Waals surface area contributed by atoms with Gasteiger partial charge < -0.3 is 15.4 Å². The molecule has 1 amide bonds. The first-order valence-electron chi connectivity index (χ1n) is 5.68. The van der Waals surface area contributed by atoms with Crippen molar-refractivity contribution < 1.29 is 9.53 Å².